The van der Waals surface area contributed by atoms with E-state index in [9.17, 15) is 18.0 Å². The zero-order valence-electron chi connectivity index (χ0n) is 12.0. The number of nitrogens with zero attached hydrogens (tertiary/aromatic N) is 1. The first kappa shape index (κ1) is 17.6. The summed E-state index contributed by atoms with van der Waals surface area (Å²) < 4.78 is 43.5. The molecule has 0 aromatic heterocycles. The Labute approximate surface area is 140 Å². The van der Waals surface area contributed by atoms with Gasteiger partial charge in [0.25, 0.3) is 5.91 Å². The van der Waals surface area contributed by atoms with Gasteiger partial charge in [0.1, 0.15) is 5.75 Å². The number of hydrogen-bond acceptors (Lipinski definition) is 3. The molecule has 4 nitrogen and oxygen atoms in total. The first-order valence-electron chi connectivity index (χ1n) is 6.59. The molecule has 2 aromatic rings. The molecule has 8 heteroatoms. The fraction of sp³-hybridized carbons (Fsp3) is 0.125. The van der Waals surface area contributed by atoms with Gasteiger partial charge in [0.2, 0.25) is 0 Å². The molecule has 0 fully saturated rings. The van der Waals surface area contributed by atoms with Gasteiger partial charge in [0.05, 0.1) is 22.2 Å². The molecule has 2 aromatic carbocycles. The minimum Gasteiger partial charge on any atom is -0.484 e. The second-order valence-electron chi connectivity index (χ2n) is 4.67. The molecule has 0 saturated carbocycles. The van der Waals surface area contributed by atoms with Crippen molar-refractivity contribution in [1.82, 2.24) is 0 Å². The Morgan fingerprint density at radius 2 is 2.00 bits per heavy atom. The Kier molecular flexibility index (Phi) is 5.31. The zero-order chi connectivity index (χ0) is 17.7. The van der Waals surface area contributed by atoms with E-state index in [0.29, 0.717) is 11.3 Å². The van der Waals surface area contributed by atoms with Gasteiger partial charge >= 0.3 is 6.18 Å². The van der Waals surface area contributed by atoms with Crippen molar-refractivity contribution < 1.29 is 22.7 Å². The van der Waals surface area contributed by atoms with E-state index >= 15 is 0 Å². The van der Waals surface area contributed by atoms with Crippen LogP contribution in [0.15, 0.2) is 42.5 Å². The number of carbonyl (C=O) groups is 1. The lowest BCUT2D eigenvalue weighted by atomic mass is 10.2. The second kappa shape index (κ2) is 7.23. The fourth-order valence-electron chi connectivity index (χ4n) is 1.82. The number of benzene rings is 2. The van der Waals surface area contributed by atoms with E-state index in [1.165, 1.54) is 12.1 Å². The van der Waals surface area contributed by atoms with Gasteiger partial charge in [0.15, 0.2) is 6.61 Å². The maximum atomic E-state index is 12.8. The maximum absolute atomic E-state index is 12.8. The number of ether oxygens (including phenoxy) is 1. The molecular formula is C16H10ClF3N2O2. The van der Waals surface area contributed by atoms with Gasteiger partial charge in [-0.2, -0.15) is 18.4 Å². The van der Waals surface area contributed by atoms with E-state index in [0.717, 1.165) is 12.1 Å². The summed E-state index contributed by atoms with van der Waals surface area (Å²) in [4.78, 5) is 11.8. The van der Waals surface area contributed by atoms with Crippen LogP contribution in [0, 0.1) is 11.3 Å². The quantitative estimate of drug-likeness (QED) is 0.892. The van der Waals surface area contributed by atoms with Gasteiger partial charge < -0.3 is 10.1 Å². The van der Waals surface area contributed by atoms with E-state index in [1.807, 2.05) is 6.07 Å². The Balaban J connectivity index is 2.01. The second-order valence-corrected chi connectivity index (χ2v) is 5.08. The standard InChI is InChI=1S/C16H10ClF3N2O2/c17-14-5-4-11(7-13(14)16(18,19)20)22-15(23)9-24-12-3-1-2-10(6-12)8-21/h1-7H,9H2,(H,22,23). The lowest BCUT2D eigenvalue weighted by Crippen LogP contribution is -2.20. The van der Waals surface area contributed by atoms with E-state index in [1.54, 1.807) is 18.2 Å². The van der Waals surface area contributed by atoms with Crippen LogP contribution in [0.5, 0.6) is 5.75 Å². The summed E-state index contributed by atoms with van der Waals surface area (Å²) in [5.41, 5.74) is -0.726. The smallest absolute Gasteiger partial charge is 0.417 e. The summed E-state index contributed by atoms with van der Waals surface area (Å²) in [6.45, 7) is -0.418. The highest BCUT2D eigenvalue weighted by atomic mass is 35.5. The van der Waals surface area contributed by atoms with Crippen molar-refractivity contribution in [2.75, 3.05) is 11.9 Å². The summed E-state index contributed by atoms with van der Waals surface area (Å²) in [6.07, 6.45) is -4.62. The third-order valence-electron chi connectivity index (χ3n) is 2.89. The molecule has 1 amide bonds. The highest BCUT2D eigenvalue weighted by molar-refractivity contribution is 6.31. The van der Waals surface area contributed by atoms with Gasteiger partial charge in [-0.1, -0.05) is 17.7 Å². The number of carbonyl (C=O) groups excluding carboxylic acids is 1. The van der Waals surface area contributed by atoms with E-state index in [2.05, 4.69) is 5.32 Å². The number of rotatable bonds is 4. The van der Waals surface area contributed by atoms with Crippen LogP contribution in [0.1, 0.15) is 11.1 Å². The molecular weight excluding hydrogens is 345 g/mol. The molecule has 124 valence electrons. The molecule has 1 N–H and O–H groups in total. The lowest BCUT2D eigenvalue weighted by Gasteiger charge is -2.12. The average molecular weight is 355 g/mol. The Morgan fingerprint density at radius 1 is 1.25 bits per heavy atom. The number of nitrogens with one attached hydrogen (secondary N) is 1. The van der Waals surface area contributed by atoms with Crippen molar-refractivity contribution in [2.24, 2.45) is 0 Å². The molecule has 2 rings (SSSR count). The number of anilines is 1. The minimum absolute atomic E-state index is 0.0499. The molecule has 0 aliphatic heterocycles. The number of halogens is 4. The number of amides is 1. The van der Waals surface area contributed by atoms with Gasteiger partial charge in [0, 0.05) is 5.69 Å². The van der Waals surface area contributed by atoms with Gasteiger partial charge in [-0.25, -0.2) is 0 Å². The molecule has 0 atom stereocenters. The molecule has 24 heavy (non-hydrogen) atoms. The van der Waals surface area contributed by atoms with Crippen molar-refractivity contribution in [1.29, 1.82) is 5.26 Å². The SMILES string of the molecule is N#Cc1cccc(OCC(=O)Nc2ccc(Cl)c(C(F)(F)F)c2)c1. The highest BCUT2D eigenvalue weighted by Gasteiger charge is 2.33. The molecule has 0 heterocycles. The molecule has 0 radical (unpaired) electrons. The maximum Gasteiger partial charge on any atom is 0.417 e. The van der Waals surface area contributed by atoms with Gasteiger partial charge in [-0.05, 0) is 36.4 Å². The Hall–Kier alpha value is -2.72. The molecule has 0 aliphatic carbocycles. The summed E-state index contributed by atoms with van der Waals surface area (Å²) in [6, 6.07) is 11.1. The monoisotopic (exact) mass is 354 g/mol. The first-order chi connectivity index (χ1) is 11.3. The summed E-state index contributed by atoms with van der Waals surface area (Å²) in [5.74, 6) is -0.343. The van der Waals surface area contributed by atoms with Crippen molar-refractivity contribution in [3.63, 3.8) is 0 Å². The zero-order valence-corrected chi connectivity index (χ0v) is 12.8. The molecule has 0 saturated heterocycles. The van der Waals surface area contributed by atoms with E-state index < -0.39 is 29.3 Å². The van der Waals surface area contributed by atoms with Crippen LogP contribution in [0.25, 0.3) is 0 Å². The molecule has 0 spiro atoms. The number of alkyl halides is 3. The predicted molar refractivity (Wildman–Crippen MR) is 81.7 cm³/mol. The molecule has 0 aliphatic rings. The van der Waals surface area contributed by atoms with Crippen LogP contribution < -0.4 is 10.1 Å². The lowest BCUT2D eigenvalue weighted by molar-refractivity contribution is -0.137. The first-order valence-corrected chi connectivity index (χ1v) is 6.97. The minimum atomic E-state index is -4.62. The number of hydrogen-bond donors (Lipinski definition) is 1. The highest BCUT2D eigenvalue weighted by Crippen LogP contribution is 2.36. The van der Waals surface area contributed by atoms with Crippen molar-refractivity contribution in [3.8, 4) is 11.8 Å². The van der Waals surface area contributed by atoms with Crippen LogP contribution in [0.2, 0.25) is 5.02 Å². The average Bonchev–Trinajstić information content (AvgIpc) is 2.54. The topological polar surface area (TPSA) is 62.1 Å². The van der Waals surface area contributed by atoms with E-state index in [-0.39, 0.29) is 5.69 Å². The van der Waals surface area contributed by atoms with Gasteiger partial charge in [-0.3, -0.25) is 4.79 Å². The van der Waals surface area contributed by atoms with Crippen LogP contribution in [-0.4, -0.2) is 12.5 Å². The third kappa shape index (κ3) is 4.64. The van der Waals surface area contributed by atoms with Crippen molar-refractivity contribution in [2.45, 2.75) is 6.18 Å². The largest absolute Gasteiger partial charge is 0.484 e. The fourth-order valence-corrected chi connectivity index (χ4v) is 2.05. The Morgan fingerprint density at radius 3 is 2.67 bits per heavy atom. The molecule has 0 bridgehead atoms. The Bertz CT molecular complexity index is 801. The summed E-state index contributed by atoms with van der Waals surface area (Å²) >= 11 is 5.50. The van der Waals surface area contributed by atoms with Crippen LogP contribution in [-0.2, 0) is 11.0 Å². The van der Waals surface area contributed by atoms with Crippen LogP contribution in [0.4, 0.5) is 18.9 Å². The molecule has 0 unspecified atom stereocenters. The van der Waals surface area contributed by atoms with Crippen molar-refractivity contribution in [3.05, 3.63) is 58.6 Å². The van der Waals surface area contributed by atoms with Crippen molar-refractivity contribution >= 4 is 23.2 Å². The van der Waals surface area contributed by atoms with E-state index in [4.69, 9.17) is 21.6 Å². The summed E-state index contributed by atoms with van der Waals surface area (Å²) in [7, 11) is 0. The normalized spacial score (nSPS) is 10.8. The predicted octanol–water partition coefficient (Wildman–Crippen LogP) is 4.25. The van der Waals surface area contributed by atoms with Crippen LogP contribution in [0.3, 0.4) is 0 Å². The summed E-state index contributed by atoms with van der Waals surface area (Å²) in [5, 5.41) is 10.6. The van der Waals surface area contributed by atoms with Gasteiger partial charge in [-0.15, -0.1) is 0 Å². The number of nitriles is 1. The van der Waals surface area contributed by atoms with Crippen LogP contribution >= 0.6 is 11.6 Å². The third-order valence-corrected chi connectivity index (χ3v) is 3.22.